The summed E-state index contributed by atoms with van der Waals surface area (Å²) in [7, 11) is 0. The van der Waals surface area contributed by atoms with E-state index in [0.717, 1.165) is 39.2 Å². The Bertz CT molecular complexity index is 2800. The van der Waals surface area contributed by atoms with Gasteiger partial charge in [-0.2, -0.15) is 0 Å². The minimum absolute atomic E-state index is 0. The van der Waals surface area contributed by atoms with Crippen LogP contribution in [0.25, 0.3) is 88.9 Å². The first-order chi connectivity index (χ1) is 24.8. The van der Waals surface area contributed by atoms with Gasteiger partial charge in [-0.05, 0) is 65.7 Å². The largest absolute Gasteiger partial charge is 0.309 e. The molecule has 3 heterocycles. The fourth-order valence-electron chi connectivity index (χ4n) is 7.42. The van der Waals surface area contributed by atoms with Crippen LogP contribution in [-0.4, -0.2) is 19.1 Å². The summed E-state index contributed by atoms with van der Waals surface area (Å²) in [6.07, 6.45) is 0. The van der Waals surface area contributed by atoms with E-state index in [1.807, 2.05) is 12.1 Å². The summed E-state index contributed by atoms with van der Waals surface area (Å²) in [4.78, 5) is 10.4. The maximum atomic E-state index is 5.19. The van der Waals surface area contributed by atoms with E-state index in [1.165, 1.54) is 43.7 Å². The Labute approximate surface area is 290 Å². The van der Waals surface area contributed by atoms with Crippen LogP contribution >= 0.6 is 0 Å². The van der Waals surface area contributed by atoms with Crippen LogP contribution in [0.1, 0.15) is 1.43 Å². The van der Waals surface area contributed by atoms with Crippen molar-refractivity contribution in [3.8, 4) is 45.3 Å². The third-order valence-electron chi connectivity index (χ3n) is 9.75. The number of hydrogen-bond acceptors (Lipinski definition) is 2. The highest BCUT2D eigenvalue weighted by Gasteiger charge is 2.18. The molecule has 0 amide bonds. The van der Waals surface area contributed by atoms with Gasteiger partial charge < -0.3 is 4.57 Å². The maximum Gasteiger partial charge on any atom is 0.235 e. The van der Waals surface area contributed by atoms with Gasteiger partial charge in [0.1, 0.15) is 0 Å². The average molecular weight is 642 g/mol. The molecule has 10 aromatic rings. The van der Waals surface area contributed by atoms with Crippen molar-refractivity contribution in [3.63, 3.8) is 0 Å². The molecule has 0 unspecified atom stereocenters. The number of aromatic nitrogens is 4. The van der Waals surface area contributed by atoms with Gasteiger partial charge in [0.2, 0.25) is 5.95 Å². The molecule has 236 valence electrons. The average Bonchev–Trinajstić information content (AvgIpc) is 3.71. The highest BCUT2D eigenvalue weighted by Crippen LogP contribution is 2.38. The Hall–Kier alpha value is -6.78. The molecule has 0 aliphatic rings. The van der Waals surface area contributed by atoms with Crippen LogP contribution in [0.3, 0.4) is 0 Å². The number of hydrogen-bond donors (Lipinski definition) is 0. The van der Waals surface area contributed by atoms with Gasteiger partial charge in [0.15, 0.2) is 0 Å². The summed E-state index contributed by atoms with van der Waals surface area (Å²) < 4.78 is 4.57. The van der Waals surface area contributed by atoms with E-state index in [9.17, 15) is 0 Å². The van der Waals surface area contributed by atoms with Gasteiger partial charge in [-0.1, -0.05) is 127 Å². The molecular weight excluding hydrogens is 609 g/mol. The molecule has 0 saturated carbocycles. The van der Waals surface area contributed by atoms with E-state index in [-0.39, 0.29) is 1.43 Å². The van der Waals surface area contributed by atoms with Crippen LogP contribution < -0.4 is 0 Å². The summed E-state index contributed by atoms with van der Waals surface area (Å²) in [5.41, 5.74) is 11.9. The molecule has 4 nitrogen and oxygen atoms in total. The summed E-state index contributed by atoms with van der Waals surface area (Å²) in [5.74, 6) is 0.652. The zero-order valence-electron chi connectivity index (χ0n) is 27.1. The second kappa shape index (κ2) is 11.4. The van der Waals surface area contributed by atoms with Crippen molar-refractivity contribution in [2.75, 3.05) is 0 Å². The topological polar surface area (TPSA) is 35.6 Å². The van der Waals surface area contributed by atoms with Crippen molar-refractivity contribution >= 4 is 43.6 Å². The Morgan fingerprint density at radius 2 is 0.740 bits per heavy atom. The van der Waals surface area contributed by atoms with Crippen LogP contribution in [0.2, 0.25) is 0 Å². The summed E-state index contributed by atoms with van der Waals surface area (Å²) >= 11 is 0. The molecule has 0 aliphatic heterocycles. The molecule has 3 aromatic heterocycles. The lowest BCUT2D eigenvalue weighted by Gasteiger charge is -2.12. The van der Waals surface area contributed by atoms with Crippen LogP contribution in [0, 0.1) is 0 Å². The standard InChI is InChI=1S/C46H30N4.H2/c1-4-14-31(15-5-1)40-30-41(32-16-6-2-7-17-32)48-46(47-40)50-43-23-13-11-21-37(43)39-29-34(25-27-45(39)50)33-24-26-44-38(28-33)36-20-10-12-22-42(36)49(44)35-18-8-3-9-19-35;/h1-30H;1H/i;1+1. The van der Waals surface area contributed by atoms with E-state index < -0.39 is 0 Å². The number of benzene rings is 7. The molecule has 0 radical (unpaired) electrons. The molecule has 0 fully saturated rings. The van der Waals surface area contributed by atoms with Crippen molar-refractivity contribution in [2.24, 2.45) is 0 Å². The lowest BCUT2D eigenvalue weighted by Crippen LogP contribution is -2.03. The van der Waals surface area contributed by atoms with E-state index in [4.69, 9.17) is 9.97 Å². The second-order valence-electron chi connectivity index (χ2n) is 12.7. The second-order valence-corrected chi connectivity index (χ2v) is 12.7. The highest BCUT2D eigenvalue weighted by molar-refractivity contribution is 6.12. The van der Waals surface area contributed by atoms with Gasteiger partial charge in [0.05, 0.1) is 33.5 Å². The third-order valence-corrected chi connectivity index (χ3v) is 9.75. The smallest absolute Gasteiger partial charge is 0.235 e. The van der Waals surface area contributed by atoms with Crippen molar-refractivity contribution in [3.05, 3.63) is 182 Å². The Balaban J connectivity index is 0.00000348. The first-order valence-electron chi connectivity index (χ1n) is 16.9. The van der Waals surface area contributed by atoms with E-state index >= 15 is 0 Å². The normalized spacial score (nSPS) is 11.6. The fourth-order valence-corrected chi connectivity index (χ4v) is 7.42. The monoisotopic (exact) mass is 641 g/mol. The lowest BCUT2D eigenvalue weighted by molar-refractivity contribution is 0.995. The molecule has 0 aliphatic carbocycles. The first-order valence-corrected chi connectivity index (χ1v) is 16.9. The predicted molar refractivity (Wildman–Crippen MR) is 209 cm³/mol. The molecule has 7 aromatic carbocycles. The zero-order valence-corrected chi connectivity index (χ0v) is 27.1. The van der Waals surface area contributed by atoms with E-state index in [1.54, 1.807) is 0 Å². The highest BCUT2D eigenvalue weighted by atomic mass is 15.2. The van der Waals surface area contributed by atoms with Gasteiger partial charge in [-0.3, -0.25) is 4.57 Å². The summed E-state index contributed by atoms with van der Waals surface area (Å²) in [6.45, 7) is 0. The fraction of sp³-hybridized carbons (Fsp3) is 0. The number of nitrogens with zero attached hydrogens (tertiary/aromatic N) is 4. The van der Waals surface area contributed by atoms with Crippen molar-refractivity contribution in [2.45, 2.75) is 0 Å². The first kappa shape index (κ1) is 28.3. The Kier molecular flexibility index (Phi) is 6.46. The van der Waals surface area contributed by atoms with Gasteiger partial charge in [0, 0.05) is 39.8 Å². The molecule has 0 spiro atoms. The summed E-state index contributed by atoms with van der Waals surface area (Å²) in [6, 6.07) is 64.3. The maximum absolute atomic E-state index is 5.19. The van der Waals surface area contributed by atoms with Gasteiger partial charge in [-0.25, -0.2) is 9.97 Å². The van der Waals surface area contributed by atoms with Crippen molar-refractivity contribution < 1.29 is 1.43 Å². The molecule has 0 N–H and O–H groups in total. The predicted octanol–water partition coefficient (Wildman–Crippen LogP) is 11.9. The van der Waals surface area contributed by atoms with Gasteiger partial charge >= 0.3 is 0 Å². The van der Waals surface area contributed by atoms with Crippen LogP contribution in [-0.2, 0) is 0 Å². The SMILES string of the molecule is [2HH].c1ccc(-c2cc(-c3ccccc3)nc(-n3c4ccccc4c4cc(-c5ccc6c(c5)c5ccccc5n6-c5ccccc5)ccc43)n2)cc1. The van der Waals surface area contributed by atoms with Crippen molar-refractivity contribution in [1.82, 2.24) is 19.1 Å². The minimum atomic E-state index is 0. The number of fused-ring (bicyclic) bond motifs is 6. The Morgan fingerprint density at radius 3 is 1.28 bits per heavy atom. The van der Waals surface area contributed by atoms with Crippen LogP contribution in [0.4, 0.5) is 0 Å². The molecule has 0 bridgehead atoms. The summed E-state index contributed by atoms with van der Waals surface area (Å²) in [5, 5.41) is 4.82. The van der Waals surface area contributed by atoms with E-state index in [2.05, 4.69) is 179 Å². The molecule has 0 saturated heterocycles. The van der Waals surface area contributed by atoms with Gasteiger partial charge in [0.25, 0.3) is 0 Å². The molecule has 10 rings (SSSR count). The molecule has 50 heavy (non-hydrogen) atoms. The van der Waals surface area contributed by atoms with E-state index in [0.29, 0.717) is 5.95 Å². The van der Waals surface area contributed by atoms with Gasteiger partial charge in [-0.15, -0.1) is 0 Å². The molecule has 4 heteroatoms. The Morgan fingerprint density at radius 1 is 0.320 bits per heavy atom. The number of para-hydroxylation sites is 3. The zero-order chi connectivity index (χ0) is 33.0. The van der Waals surface area contributed by atoms with Crippen molar-refractivity contribution in [1.29, 1.82) is 0 Å². The lowest BCUT2D eigenvalue weighted by atomic mass is 10.0. The quantitative estimate of drug-likeness (QED) is 0.187. The number of rotatable bonds is 5. The molecular formula is C46H32N4. The van der Waals surface area contributed by atoms with Crippen LogP contribution in [0.5, 0.6) is 0 Å². The minimum Gasteiger partial charge on any atom is -0.309 e. The van der Waals surface area contributed by atoms with Crippen LogP contribution in [0.15, 0.2) is 182 Å². The third kappa shape index (κ3) is 4.54. The molecule has 0 atom stereocenters.